The van der Waals surface area contributed by atoms with Crippen molar-refractivity contribution in [1.82, 2.24) is 24.8 Å². The van der Waals surface area contributed by atoms with Crippen LogP contribution in [0, 0.1) is 17.8 Å². The van der Waals surface area contributed by atoms with E-state index in [9.17, 15) is 35.1 Å². The molecule has 0 spiro atoms. The van der Waals surface area contributed by atoms with Gasteiger partial charge in [0.15, 0.2) is 12.6 Å². The SMILES string of the molecule is CC[C@H]1OC(=O)[C@H](C)[C@@H](O[C@H]2C[C@@](C)(OC)[C@@H](O)[C@H](C)O2)[C@H](C)[C@@H](O[C@@H]2O[C@H](C)C[C@H](N(C)CCc3cn(CCOC(C)=O)nn3)[C@H]2O)[C@](C)(O)C[C@@H](C)CN(C)[C@H](C)[C@@H](O)[C@]1(C)O. The van der Waals surface area contributed by atoms with E-state index >= 15 is 0 Å². The fraction of sp³-hybridized carbons (Fsp3) is 0.911. The van der Waals surface area contributed by atoms with Gasteiger partial charge in [0.25, 0.3) is 0 Å². The molecule has 0 aliphatic carbocycles. The average Bonchev–Trinajstić information content (AvgIpc) is 3.68. The van der Waals surface area contributed by atoms with E-state index < -0.39 is 102 Å². The largest absolute Gasteiger partial charge is 0.464 e. The molecule has 19 nitrogen and oxygen atoms in total. The zero-order valence-corrected chi connectivity index (χ0v) is 40.7. The van der Waals surface area contributed by atoms with Crippen LogP contribution < -0.4 is 0 Å². The van der Waals surface area contributed by atoms with Gasteiger partial charge in [0.05, 0.1) is 53.8 Å². The van der Waals surface area contributed by atoms with Gasteiger partial charge < -0.3 is 68.5 Å². The Hall–Kier alpha value is -2.40. The molecule has 18 atom stereocenters. The number of nitrogens with zero attached hydrogens (tertiary/aromatic N) is 5. The van der Waals surface area contributed by atoms with Crippen LogP contribution in [-0.4, -0.2) is 193 Å². The Morgan fingerprint density at radius 2 is 1.69 bits per heavy atom. The van der Waals surface area contributed by atoms with Gasteiger partial charge in [0, 0.05) is 64.2 Å². The number of carbonyl (C=O) groups excluding carboxylic acids is 2. The Kier molecular flexibility index (Phi) is 19.1. The summed E-state index contributed by atoms with van der Waals surface area (Å²) in [5, 5.41) is 67.7. The summed E-state index contributed by atoms with van der Waals surface area (Å²) in [6.45, 7) is 20.3. The first-order valence-corrected chi connectivity index (χ1v) is 23.0. The fourth-order valence-corrected chi connectivity index (χ4v) is 9.96. The molecule has 0 aromatic carbocycles. The number of methoxy groups -OCH3 is 1. The highest BCUT2D eigenvalue weighted by Crippen LogP contribution is 2.40. The number of rotatable bonds is 13. The van der Waals surface area contributed by atoms with Gasteiger partial charge in [-0.15, -0.1) is 5.10 Å². The number of aromatic nitrogens is 3. The molecular formula is C45H81N5O14. The zero-order valence-electron chi connectivity index (χ0n) is 40.7. The highest BCUT2D eigenvalue weighted by molar-refractivity contribution is 5.73. The Morgan fingerprint density at radius 1 is 1.02 bits per heavy atom. The van der Waals surface area contributed by atoms with E-state index in [2.05, 4.69) is 10.3 Å². The number of hydrogen-bond donors (Lipinski definition) is 5. The van der Waals surface area contributed by atoms with E-state index in [0.29, 0.717) is 32.5 Å². The third-order valence-corrected chi connectivity index (χ3v) is 14.0. The highest BCUT2D eigenvalue weighted by Gasteiger charge is 2.53. The lowest BCUT2D eigenvalue weighted by Crippen LogP contribution is -2.61. The first kappa shape index (κ1) is 54.2. The minimum Gasteiger partial charge on any atom is -0.464 e. The summed E-state index contributed by atoms with van der Waals surface area (Å²) >= 11 is 0. The number of carbonyl (C=O) groups is 2. The summed E-state index contributed by atoms with van der Waals surface area (Å²) in [6.07, 6.45) is -6.75. The molecule has 4 heterocycles. The Labute approximate surface area is 380 Å². The van der Waals surface area contributed by atoms with Gasteiger partial charge in [0.2, 0.25) is 0 Å². The lowest BCUT2D eigenvalue weighted by atomic mass is 9.77. The van der Waals surface area contributed by atoms with Crippen molar-refractivity contribution in [2.45, 2.75) is 205 Å². The molecule has 4 rings (SSSR count). The molecule has 3 fully saturated rings. The molecule has 3 aliphatic rings. The predicted octanol–water partition coefficient (Wildman–Crippen LogP) is 1.67. The number of esters is 2. The summed E-state index contributed by atoms with van der Waals surface area (Å²) in [6, 6.07) is -0.998. The quantitative estimate of drug-likeness (QED) is 0.177. The van der Waals surface area contributed by atoms with Crippen molar-refractivity contribution in [1.29, 1.82) is 0 Å². The van der Waals surface area contributed by atoms with Crippen molar-refractivity contribution in [2.75, 3.05) is 40.9 Å². The zero-order chi connectivity index (χ0) is 48.1. The molecule has 19 heteroatoms. The average molecular weight is 916 g/mol. The Balaban J connectivity index is 1.71. The van der Waals surface area contributed by atoms with Crippen LogP contribution in [0.2, 0.25) is 0 Å². The van der Waals surface area contributed by atoms with Crippen LogP contribution in [0.15, 0.2) is 6.20 Å². The van der Waals surface area contributed by atoms with Gasteiger partial charge in [-0.25, -0.2) is 4.68 Å². The van der Waals surface area contributed by atoms with E-state index in [-0.39, 0.29) is 43.9 Å². The molecule has 0 unspecified atom stereocenters. The molecule has 5 N–H and O–H groups in total. The summed E-state index contributed by atoms with van der Waals surface area (Å²) in [7, 11) is 5.23. The van der Waals surface area contributed by atoms with Crippen LogP contribution in [-0.2, 0) is 55.7 Å². The van der Waals surface area contributed by atoms with Crippen LogP contribution in [0.4, 0.5) is 0 Å². The summed E-state index contributed by atoms with van der Waals surface area (Å²) in [5.41, 5.74) is -3.80. The molecule has 1 aromatic rings. The fourth-order valence-electron chi connectivity index (χ4n) is 9.96. The lowest BCUT2D eigenvalue weighted by Gasteiger charge is -2.49. The smallest absolute Gasteiger partial charge is 0.311 e. The molecular weight excluding hydrogens is 835 g/mol. The van der Waals surface area contributed by atoms with Crippen LogP contribution in [0.5, 0.6) is 0 Å². The molecule has 3 aliphatic heterocycles. The molecule has 1 aromatic heterocycles. The number of likely N-dealkylation sites (N-methyl/N-ethyl adjacent to an activating group) is 2. The number of hydrogen-bond acceptors (Lipinski definition) is 18. The standard InChI is InChI=1S/C45H81N5O14/c1-15-34-45(11,57)38(53)29(6)49(13)23-25(2)21-43(9,56)40(27(4)37(28(5)41(55)62-34)63-35-22-44(10,58-14)39(54)30(7)61-35)64-42-36(52)33(20-26(3)60-42)48(12)17-16-32-24-50(47-46-32)18-19-59-31(8)51/h24-30,33-40,42,52-54,56-57H,15-23H2,1-14H3/t25-,26-,27+,28-,29-,30+,33+,34-,35+,36-,37+,38-,39+,40-,42+,43-,44-,45-/m1/s1. The topological polar surface area (TPSA) is 237 Å². The summed E-state index contributed by atoms with van der Waals surface area (Å²) in [5.74, 6) is -3.15. The Bertz CT molecular complexity index is 1640. The minimum atomic E-state index is -1.83. The number of aliphatic hydroxyl groups excluding tert-OH is 3. The normalized spacial score (nSPS) is 42.4. The number of cyclic esters (lactones) is 1. The molecule has 0 bridgehead atoms. The Morgan fingerprint density at radius 3 is 2.31 bits per heavy atom. The third-order valence-electron chi connectivity index (χ3n) is 14.0. The molecule has 370 valence electrons. The van der Waals surface area contributed by atoms with Gasteiger partial charge in [0.1, 0.15) is 36.6 Å². The van der Waals surface area contributed by atoms with Crippen LogP contribution in [0.3, 0.4) is 0 Å². The molecule has 0 radical (unpaired) electrons. The van der Waals surface area contributed by atoms with Crippen molar-refractivity contribution in [3.63, 3.8) is 0 Å². The van der Waals surface area contributed by atoms with Crippen LogP contribution in [0.25, 0.3) is 0 Å². The van der Waals surface area contributed by atoms with Crippen molar-refractivity contribution >= 4 is 11.9 Å². The van der Waals surface area contributed by atoms with Crippen LogP contribution >= 0.6 is 0 Å². The van der Waals surface area contributed by atoms with Crippen molar-refractivity contribution in [3.8, 4) is 0 Å². The van der Waals surface area contributed by atoms with E-state index in [0.717, 1.165) is 5.69 Å². The maximum absolute atomic E-state index is 14.4. The molecule has 0 amide bonds. The van der Waals surface area contributed by atoms with Gasteiger partial charge in [-0.2, -0.15) is 0 Å². The second kappa shape index (κ2) is 22.6. The first-order valence-electron chi connectivity index (χ1n) is 23.0. The van der Waals surface area contributed by atoms with Crippen molar-refractivity contribution in [3.05, 3.63) is 11.9 Å². The monoisotopic (exact) mass is 916 g/mol. The van der Waals surface area contributed by atoms with E-state index in [4.69, 9.17) is 33.2 Å². The summed E-state index contributed by atoms with van der Waals surface area (Å²) in [4.78, 5) is 29.5. The highest BCUT2D eigenvalue weighted by atomic mass is 16.7. The second-order valence-electron chi connectivity index (χ2n) is 19.7. The first-order chi connectivity index (χ1) is 29.8. The second-order valence-corrected chi connectivity index (χ2v) is 19.7. The van der Waals surface area contributed by atoms with Crippen LogP contribution in [0.1, 0.15) is 108 Å². The molecule has 64 heavy (non-hydrogen) atoms. The predicted molar refractivity (Wildman–Crippen MR) is 233 cm³/mol. The van der Waals surface area contributed by atoms with Crippen molar-refractivity contribution in [2.24, 2.45) is 17.8 Å². The lowest BCUT2D eigenvalue weighted by molar-refractivity contribution is -0.318. The number of ether oxygens (including phenoxy) is 7. The van der Waals surface area contributed by atoms with Crippen molar-refractivity contribution < 1.29 is 68.3 Å². The number of aliphatic hydroxyl groups is 5. The van der Waals surface area contributed by atoms with E-state index in [1.165, 1.54) is 21.0 Å². The summed E-state index contributed by atoms with van der Waals surface area (Å²) < 4.78 is 44.7. The van der Waals surface area contributed by atoms with Gasteiger partial charge in [-0.05, 0) is 87.7 Å². The van der Waals surface area contributed by atoms with E-state index in [1.54, 1.807) is 59.3 Å². The molecule has 3 saturated heterocycles. The van der Waals surface area contributed by atoms with Gasteiger partial charge in [-0.3, -0.25) is 9.59 Å². The minimum absolute atomic E-state index is 0.0994. The van der Waals surface area contributed by atoms with Gasteiger partial charge in [-0.1, -0.05) is 26.0 Å². The third kappa shape index (κ3) is 13.2. The maximum atomic E-state index is 14.4. The van der Waals surface area contributed by atoms with Gasteiger partial charge >= 0.3 is 11.9 Å². The maximum Gasteiger partial charge on any atom is 0.311 e. The van der Waals surface area contributed by atoms with E-state index in [1.807, 2.05) is 37.7 Å². The molecule has 0 saturated carbocycles.